The highest BCUT2D eigenvalue weighted by Gasteiger charge is 2.21. The molecule has 2 N–H and O–H groups in total. The van der Waals surface area contributed by atoms with Gasteiger partial charge in [0.1, 0.15) is 0 Å². The molecule has 2 aromatic rings. The van der Waals surface area contributed by atoms with Gasteiger partial charge in [0.05, 0.1) is 12.2 Å². The number of thiophene rings is 1. The average molecular weight is 516 g/mol. The minimum Gasteiger partial charge on any atom is -0.357 e. The van der Waals surface area contributed by atoms with Crippen LogP contribution in [0.1, 0.15) is 41.2 Å². The number of hydrogen-bond donors (Lipinski definition) is 2. The van der Waals surface area contributed by atoms with Gasteiger partial charge in [0, 0.05) is 55.4 Å². The Morgan fingerprint density at radius 2 is 2.14 bits per heavy atom. The molecule has 28 heavy (non-hydrogen) atoms. The minimum atomic E-state index is 0. The van der Waals surface area contributed by atoms with Gasteiger partial charge in [-0.2, -0.15) is 5.10 Å². The van der Waals surface area contributed by atoms with Crippen molar-refractivity contribution in [2.45, 2.75) is 53.2 Å². The van der Waals surface area contributed by atoms with E-state index < -0.39 is 0 Å². The molecule has 1 unspecified atom stereocenters. The molecule has 3 heterocycles. The Balaban J connectivity index is 0.00000280. The van der Waals surface area contributed by atoms with Crippen LogP contribution < -0.4 is 10.6 Å². The summed E-state index contributed by atoms with van der Waals surface area (Å²) in [6.45, 7) is 13.1. The van der Waals surface area contributed by atoms with Crippen LogP contribution in [0.15, 0.2) is 16.4 Å². The molecule has 0 radical (unpaired) electrons. The van der Waals surface area contributed by atoms with Crippen LogP contribution in [0.5, 0.6) is 0 Å². The second kappa shape index (κ2) is 10.6. The molecule has 1 atom stereocenters. The molecule has 0 aromatic carbocycles. The summed E-state index contributed by atoms with van der Waals surface area (Å²) in [4.78, 5) is 8.90. The number of nitrogens with zero attached hydrogens (tertiary/aromatic N) is 4. The van der Waals surface area contributed by atoms with Crippen molar-refractivity contribution >= 4 is 41.3 Å². The maximum Gasteiger partial charge on any atom is 0.191 e. The fourth-order valence-electron chi connectivity index (χ4n) is 3.57. The largest absolute Gasteiger partial charge is 0.357 e. The first-order valence-electron chi connectivity index (χ1n) is 9.80. The number of halogens is 1. The number of nitrogens with one attached hydrogen (secondary N) is 2. The van der Waals surface area contributed by atoms with Gasteiger partial charge in [-0.3, -0.25) is 9.58 Å². The Kier molecular flexibility index (Phi) is 8.76. The van der Waals surface area contributed by atoms with Crippen molar-refractivity contribution in [2.24, 2.45) is 12.0 Å². The number of hydrogen-bond acceptors (Lipinski definition) is 4. The van der Waals surface area contributed by atoms with E-state index in [0.717, 1.165) is 37.8 Å². The number of aromatic nitrogens is 2. The topological polar surface area (TPSA) is 57.5 Å². The number of aliphatic imine (C=N–C) groups is 1. The maximum absolute atomic E-state index is 4.79. The third-order valence-electron chi connectivity index (χ3n) is 5.42. The van der Waals surface area contributed by atoms with E-state index in [1.54, 1.807) is 4.88 Å². The van der Waals surface area contributed by atoms with E-state index in [0.29, 0.717) is 12.6 Å². The van der Waals surface area contributed by atoms with Gasteiger partial charge in [0.25, 0.3) is 0 Å². The molecular weight excluding hydrogens is 483 g/mol. The van der Waals surface area contributed by atoms with Crippen molar-refractivity contribution in [3.8, 4) is 0 Å². The Morgan fingerprint density at radius 3 is 2.82 bits per heavy atom. The molecule has 1 aliphatic rings. The lowest BCUT2D eigenvalue weighted by atomic mass is 10.1. The fraction of sp³-hybridized carbons (Fsp3) is 0.600. The molecule has 0 saturated heterocycles. The van der Waals surface area contributed by atoms with E-state index in [2.05, 4.69) is 59.8 Å². The maximum atomic E-state index is 4.79. The van der Waals surface area contributed by atoms with E-state index in [1.807, 2.05) is 23.1 Å². The van der Waals surface area contributed by atoms with Gasteiger partial charge < -0.3 is 10.6 Å². The predicted molar refractivity (Wildman–Crippen MR) is 129 cm³/mol. The molecule has 8 heteroatoms. The van der Waals surface area contributed by atoms with E-state index >= 15 is 0 Å². The third kappa shape index (κ3) is 5.48. The van der Waals surface area contributed by atoms with Crippen LogP contribution >= 0.6 is 35.3 Å². The van der Waals surface area contributed by atoms with Gasteiger partial charge in [-0.25, -0.2) is 4.99 Å². The second-order valence-electron chi connectivity index (χ2n) is 7.29. The third-order valence-corrected chi connectivity index (χ3v) is 6.45. The van der Waals surface area contributed by atoms with Crippen LogP contribution in [0, 0.1) is 13.8 Å². The summed E-state index contributed by atoms with van der Waals surface area (Å²) in [6, 6.07) is 2.74. The molecular formula is C20H33IN6S. The highest BCUT2D eigenvalue weighted by atomic mass is 127. The van der Waals surface area contributed by atoms with E-state index in [4.69, 9.17) is 4.99 Å². The summed E-state index contributed by atoms with van der Waals surface area (Å²) in [7, 11) is 1.98. The smallest absolute Gasteiger partial charge is 0.191 e. The van der Waals surface area contributed by atoms with Crippen molar-refractivity contribution in [2.75, 3.05) is 19.6 Å². The molecule has 0 bridgehead atoms. The van der Waals surface area contributed by atoms with Crippen molar-refractivity contribution in [1.82, 2.24) is 25.3 Å². The van der Waals surface area contributed by atoms with E-state index in [1.165, 1.54) is 23.2 Å². The van der Waals surface area contributed by atoms with Gasteiger partial charge in [0.15, 0.2) is 5.96 Å². The zero-order chi connectivity index (χ0) is 19.4. The van der Waals surface area contributed by atoms with Crippen LogP contribution in [0.2, 0.25) is 0 Å². The van der Waals surface area contributed by atoms with Crippen LogP contribution in [-0.2, 0) is 26.6 Å². The summed E-state index contributed by atoms with van der Waals surface area (Å²) >= 11 is 1.89. The lowest BCUT2D eigenvalue weighted by Gasteiger charge is -2.32. The van der Waals surface area contributed by atoms with Crippen molar-refractivity contribution in [1.29, 1.82) is 0 Å². The quantitative estimate of drug-likeness (QED) is 0.352. The summed E-state index contributed by atoms with van der Waals surface area (Å²) in [5.74, 6) is 0.875. The zero-order valence-electron chi connectivity index (χ0n) is 17.6. The number of fused-ring (bicyclic) bond motifs is 1. The molecule has 0 amide bonds. The van der Waals surface area contributed by atoms with Gasteiger partial charge in [-0.05, 0) is 51.1 Å². The minimum absolute atomic E-state index is 0. The van der Waals surface area contributed by atoms with Crippen LogP contribution in [0.4, 0.5) is 0 Å². The van der Waals surface area contributed by atoms with Gasteiger partial charge in [0.2, 0.25) is 0 Å². The van der Waals surface area contributed by atoms with E-state index in [-0.39, 0.29) is 24.0 Å². The lowest BCUT2D eigenvalue weighted by molar-refractivity contribution is 0.192. The van der Waals surface area contributed by atoms with Gasteiger partial charge in [-0.1, -0.05) is 0 Å². The molecule has 6 nitrogen and oxygen atoms in total. The molecule has 0 fully saturated rings. The highest BCUT2D eigenvalue weighted by molar-refractivity contribution is 14.0. The van der Waals surface area contributed by atoms with Gasteiger partial charge >= 0.3 is 0 Å². The lowest BCUT2D eigenvalue weighted by Crippen LogP contribution is -2.47. The number of guanidine groups is 1. The van der Waals surface area contributed by atoms with Crippen LogP contribution in [0.25, 0.3) is 0 Å². The van der Waals surface area contributed by atoms with Crippen LogP contribution in [0.3, 0.4) is 0 Å². The standard InChI is InChI=1S/C20H32N6S.HI/c1-6-21-20(23-12-18-15(3)24-25(5)16(18)4)22-11-14(2)26-9-7-19-17(13-26)8-10-27-19;/h8,10,14H,6-7,9,11-13H2,1-5H3,(H2,21,22,23);1H. The molecule has 1 aliphatic heterocycles. The summed E-state index contributed by atoms with van der Waals surface area (Å²) in [5, 5.41) is 13.6. The average Bonchev–Trinajstić information content (AvgIpc) is 3.21. The van der Waals surface area contributed by atoms with Crippen LogP contribution in [-0.4, -0.2) is 46.3 Å². The van der Waals surface area contributed by atoms with Crippen molar-refractivity contribution < 1.29 is 0 Å². The molecule has 2 aromatic heterocycles. The van der Waals surface area contributed by atoms with Gasteiger partial charge in [-0.15, -0.1) is 35.3 Å². The molecule has 3 rings (SSSR count). The first-order valence-corrected chi connectivity index (χ1v) is 10.7. The second-order valence-corrected chi connectivity index (χ2v) is 8.29. The molecule has 156 valence electrons. The normalized spacial score (nSPS) is 15.7. The highest BCUT2D eigenvalue weighted by Crippen LogP contribution is 2.24. The predicted octanol–water partition coefficient (Wildman–Crippen LogP) is 3.22. The first kappa shape index (κ1) is 23.2. The summed E-state index contributed by atoms with van der Waals surface area (Å²) in [6.07, 6.45) is 1.17. The SMILES string of the molecule is CCNC(=NCc1c(C)nn(C)c1C)NCC(C)N1CCc2sccc2C1.I. The monoisotopic (exact) mass is 516 g/mol. The molecule has 0 spiro atoms. The molecule has 0 saturated carbocycles. The fourth-order valence-corrected chi connectivity index (χ4v) is 4.46. The summed E-state index contributed by atoms with van der Waals surface area (Å²) in [5.41, 5.74) is 4.95. The Labute approximate surface area is 189 Å². The first-order chi connectivity index (χ1) is 13.0. The number of aryl methyl sites for hydroxylation is 2. The van der Waals surface area contributed by atoms with Crippen molar-refractivity contribution in [3.05, 3.63) is 38.8 Å². The number of rotatable bonds is 6. The molecule has 0 aliphatic carbocycles. The Bertz CT molecular complexity index is 797. The zero-order valence-corrected chi connectivity index (χ0v) is 20.7. The Morgan fingerprint density at radius 1 is 1.36 bits per heavy atom. The van der Waals surface area contributed by atoms with Crippen molar-refractivity contribution in [3.63, 3.8) is 0 Å². The Hall–Kier alpha value is -1.13. The van der Waals surface area contributed by atoms with E-state index in [9.17, 15) is 0 Å². The summed E-state index contributed by atoms with van der Waals surface area (Å²) < 4.78 is 1.93.